The van der Waals surface area contributed by atoms with Crippen molar-refractivity contribution in [2.45, 2.75) is 5.92 Å². The second-order valence-electron chi connectivity index (χ2n) is 6.04. The normalized spacial score (nSPS) is 10.7. The van der Waals surface area contributed by atoms with Gasteiger partial charge in [-0.15, -0.1) is 0 Å². The molecule has 0 saturated carbocycles. The third-order valence-corrected chi connectivity index (χ3v) is 4.21. The van der Waals surface area contributed by atoms with Gasteiger partial charge in [0, 0.05) is 6.08 Å². The van der Waals surface area contributed by atoms with E-state index >= 15 is 0 Å². The lowest BCUT2D eigenvalue weighted by Crippen LogP contribution is -2.49. The maximum atomic E-state index is 12.8. The van der Waals surface area contributed by atoms with Gasteiger partial charge in [-0.3, -0.25) is 25.8 Å². The predicted molar refractivity (Wildman–Crippen MR) is 114 cm³/mol. The number of amides is 2. The predicted octanol–water partition coefficient (Wildman–Crippen LogP) is 3.15. The third kappa shape index (κ3) is 5.88. The first-order chi connectivity index (χ1) is 14.1. The number of hydrazine groups is 1. The fourth-order valence-electron chi connectivity index (χ4n) is 2.71. The van der Waals surface area contributed by atoms with Crippen molar-refractivity contribution in [3.8, 4) is 0 Å². The first-order valence-electron chi connectivity index (χ1n) is 8.86. The zero-order valence-electron chi connectivity index (χ0n) is 15.4. The van der Waals surface area contributed by atoms with Crippen LogP contribution in [0.2, 0.25) is 0 Å². The van der Waals surface area contributed by atoms with Crippen LogP contribution in [-0.4, -0.2) is 16.9 Å². The lowest BCUT2D eigenvalue weighted by Gasteiger charge is -2.18. The molecule has 0 unspecified atom stereocenters. The molecule has 146 valence electrons. The Morgan fingerprint density at radius 2 is 1.48 bits per heavy atom. The Morgan fingerprint density at radius 1 is 0.862 bits per heavy atom. The molecule has 0 spiro atoms. The summed E-state index contributed by atoms with van der Waals surface area (Å²) in [6.45, 7) is 0. The van der Waals surface area contributed by atoms with Gasteiger partial charge >= 0.3 is 0 Å². The Hall–Kier alpha value is -3.71. The van der Waals surface area contributed by atoms with E-state index < -0.39 is 11.8 Å². The van der Waals surface area contributed by atoms with Crippen LogP contribution in [0.5, 0.6) is 0 Å². The molecule has 0 fully saturated rings. The Morgan fingerprint density at radius 3 is 2.03 bits per heavy atom. The van der Waals surface area contributed by atoms with Crippen molar-refractivity contribution in [1.82, 2.24) is 16.2 Å². The summed E-state index contributed by atoms with van der Waals surface area (Å²) in [5, 5.41) is 2.43. The van der Waals surface area contributed by atoms with Crippen molar-refractivity contribution in [2.75, 3.05) is 0 Å². The molecule has 0 bridgehead atoms. The molecule has 0 aliphatic rings. The highest BCUT2D eigenvalue weighted by molar-refractivity contribution is 7.80. The summed E-state index contributed by atoms with van der Waals surface area (Å²) in [7, 11) is 0. The minimum Gasteiger partial charge on any atom is -0.465 e. The molecule has 6 nitrogen and oxygen atoms in total. The summed E-state index contributed by atoms with van der Waals surface area (Å²) in [4.78, 5) is 24.7. The summed E-state index contributed by atoms with van der Waals surface area (Å²) < 4.78 is 5.11. The molecule has 3 aromatic rings. The third-order valence-electron chi connectivity index (χ3n) is 4.01. The van der Waals surface area contributed by atoms with E-state index in [-0.39, 0.29) is 11.0 Å². The van der Waals surface area contributed by atoms with E-state index in [1.54, 1.807) is 12.1 Å². The van der Waals surface area contributed by atoms with Crippen LogP contribution in [-0.2, 0) is 9.59 Å². The van der Waals surface area contributed by atoms with Gasteiger partial charge in [0.25, 0.3) is 0 Å². The average molecular weight is 405 g/mol. The molecule has 0 saturated heterocycles. The van der Waals surface area contributed by atoms with Crippen LogP contribution in [0.1, 0.15) is 22.8 Å². The lowest BCUT2D eigenvalue weighted by molar-refractivity contribution is -0.122. The molecule has 3 rings (SSSR count). The van der Waals surface area contributed by atoms with E-state index in [0.717, 1.165) is 11.1 Å². The number of rotatable bonds is 5. The lowest BCUT2D eigenvalue weighted by atomic mass is 9.91. The van der Waals surface area contributed by atoms with Crippen molar-refractivity contribution in [1.29, 1.82) is 0 Å². The van der Waals surface area contributed by atoms with Crippen molar-refractivity contribution < 1.29 is 14.0 Å². The number of hydrogen-bond acceptors (Lipinski definition) is 4. The van der Waals surface area contributed by atoms with Crippen LogP contribution in [0.25, 0.3) is 6.08 Å². The number of thiocarbonyl (C=S) groups is 1. The maximum Gasteiger partial charge on any atom is 0.250 e. The molecule has 0 aliphatic carbocycles. The van der Waals surface area contributed by atoms with E-state index in [4.69, 9.17) is 16.6 Å². The molecule has 7 heteroatoms. The number of carbonyl (C=O) groups excluding carboxylic acids is 2. The molecule has 0 radical (unpaired) electrons. The molecule has 3 N–H and O–H groups in total. The van der Waals surface area contributed by atoms with Gasteiger partial charge in [-0.2, -0.15) is 0 Å². The largest absolute Gasteiger partial charge is 0.465 e. The number of nitrogens with one attached hydrogen (secondary N) is 3. The van der Waals surface area contributed by atoms with Crippen molar-refractivity contribution in [3.05, 3.63) is 102 Å². The van der Waals surface area contributed by atoms with Crippen molar-refractivity contribution in [2.24, 2.45) is 0 Å². The molecule has 0 atom stereocenters. The smallest absolute Gasteiger partial charge is 0.250 e. The van der Waals surface area contributed by atoms with Gasteiger partial charge in [-0.25, -0.2) is 0 Å². The van der Waals surface area contributed by atoms with Gasteiger partial charge in [-0.1, -0.05) is 60.7 Å². The molecule has 1 heterocycles. The molecule has 1 aromatic heterocycles. The quantitative estimate of drug-likeness (QED) is 0.345. The summed E-state index contributed by atoms with van der Waals surface area (Å²) in [5.41, 5.74) is 6.82. The molecular formula is C22H19N3O3S. The van der Waals surface area contributed by atoms with E-state index in [0.29, 0.717) is 5.76 Å². The van der Waals surface area contributed by atoms with Crippen LogP contribution in [0.3, 0.4) is 0 Å². The fourth-order valence-corrected chi connectivity index (χ4v) is 2.86. The summed E-state index contributed by atoms with van der Waals surface area (Å²) in [5.74, 6) is -0.732. The van der Waals surface area contributed by atoms with E-state index in [1.165, 1.54) is 18.4 Å². The van der Waals surface area contributed by atoms with Crippen LogP contribution < -0.4 is 16.2 Å². The first-order valence-corrected chi connectivity index (χ1v) is 9.26. The van der Waals surface area contributed by atoms with Gasteiger partial charge in [0.05, 0.1) is 12.2 Å². The summed E-state index contributed by atoms with van der Waals surface area (Å²) in [6, 6.07) is 22.3. The zero-order valence-corrected chi connectivity index (χ0v) is 16.2. The van der Waals surface area contributed by atoms with Gasteiger partial charge in [0.2, 0.25) is 11.8 Å². The maximum absolute atomic E-state index is 12.8. The minimum absolute atomic E-state index is 0.0210. The van der Waals surface area contributed by atoms with Gasteiger partial charge in [0.1, 0.15) is 5.76 Å². The highest BCUT2D eigenvalue weighted by Crippen LogP contribution is 2.24. The van der Waals surface area contributed by atoms with Crippen LogP contribution in [0.15, 0.2) is 89.6 Å². The fraction of sp³-hybridized carbons (Fsp3) is 0.0455. The average Bonchev–Trinajstić information content (AvgIpc) is 3.26. The number of carbonyl (C=O) groups is 2. The SMILES string of the molecule is O=C(/C=C/c1ccco1)NC(=S)NNC(=O)C(c1ccccc1)c1ccccc1. The second kappa shape index (κ2) is 10.0. The monoisotopic (exact) mass is 405 g/mol. The van der Waals surface area contributed by atoms with E-state index in [2.05, 4.69) is 16.2 Å². The van der Waals surface area contributed by atoms with Crippen molar-refractivity contribution >= 4 is 35.2 Å². The Kier molecular flexibility index (Phi) is 6.91. The molecular weight excluding hydrogens is 386 g/mol. The Labute approximate surface area is 173 Å². The standard InChI is InChI=1S/C22H19N3O3S/c26-19(14-13-18-12-7-15-28-18)23-22(29)25-24-21(27)20(16-8-3-1-4-9-16)17-10-5-2-6-11-17/h1-15,20H,(H,24,27)(H2,23,25,26,29)/b14-13+. The summed E-state index contributed by atoms with van der Waals surface area (Å²) in [6.07, 6.45) is 4.30. The molecule has 2 aromatic carbocycles. The van der Waals surface area contributed by atoms with Gasteiger partial charge in [-0.05, 0) is 41.6 Å². The van der Waals surface area contributed by atoms with Crippen LogP contribution >= 0.6 is 12.2 Å². The molecule has 0 aliphatic heterocycles. The van der Waals surface area contributed by atoms with Crippen molar-refractivity contribution in [3.63, 3.8) is 0 Å². The van der Waals surface area contributed by atoms with Crippen LogP contribution in [0, 0.1) is 0 Å². The number of benzene rings is 2. The first kappa shape index (κ1) is 20.0. The van der Waals surface area contributed by atoms with Crippen LogP contribution in [0.4, 0.5) is 0 Å². The number of hydrogen-bond donors (Lipinski definition) is 3. The summed E-state index contributed by atoms with van der Waals surface area (Å²) >= 11 is 5.07. The van der Waals surface area contributed by atoms with Gasteiger partial charge < -0.3 is 4.42 Å². The second-order valence-corrected chi connectivity index (χ2v) is 6.44. The molecule has 29 heavy (non-hydrogen) atoms. The van der Waals surface area contributed by atoms with E-state index in [1.807, 2.05) is 60.7 Å². The number of furan rings is 1. The molecule has 2 amide bonds. The van der Waals surface area contributed by atoms with E-state index in [9.17, 15) is 9.59 Å². The minimum atomic E-state index is -0.526. The highest BCUT2D eigenvalue weighted by Gasteiger charge is 2.22. The zero-order chi connectivity index (χ0) is 20.5. The Bertz CT molecular complexity index is 947. The van der Waals surface area contributed by atoms with Gasteiger partial charge in [0.15, 0.2) is 5.11 Å². The Balaban J connectivity index is 1.60. The highest BCUT2D eigenvalue weighted by atomic mass is 32.1. The topological polar surface area (TPSA) is 83.4 Å².